The SMILES string of the molecule is Cc1nn2nnn(C)c2c1C(=O)O. The van der Waals surface area contributed by atoms with Crippen LogP contribution in [0, 0.1) is 6.92 Å². The van der Waals surface area contributed by atoms with Gasteiger partial charge in [-0.3, -0.25) is 0 Å². The molecule has 2 heterocycles. The average Bonchev–Trinajstić information content (AvgIpc) is 2.51. The van der Waals surface area contributed by atoms with Crippen LogP contribution in [0.25, 0.3) is 5.65 Å². The zero-order valence-electron chi connectivity index (χ0n) is 7.09. The van der Waals surface area contributed by atoms with E-state index < -0.39 is 5.97 Å². The monoisotopic (exact) mass is 181 g/mol. The maximum atomic E-state index is 10.8. The summed E-state index contributed by atoms with van der Waals surface area (Å²) in [6.45, 7) is 1.62. The van der Waals surface area contributed by atoms with E-state index in [9.17, 15) is 4.79 Å². The third kappa shape index (κ3) is 0.897. The number of aromatic carboxylic acids is 1. The molecule has 0 spiro atoms. The van der Waals surface area contributed by atoms with E-state index in [-0.39, 0.29) is 5.56 Å². The molecule has 2 aromatic rings. The van der Waals surface area contributed by atoms with Gasteiger partial charge in [0.25, 0.3) is 0 Å². The molecule has 2 rings (SSSR count). The van der Waals surface area contributed by atoms with E-state index in [0.29, 0.717) is 11.3 Å². The number of rotatable bonds is 1. The fourth-order valence-electron chi connectivity index (χ4n) is 1.25. The number of carboxylic acid groups (broad SMARTS) is 1. The van der Waals surface area contributed by atoms with Crippen LogP contribution in [0.15, 0.2) is 0 Å². The summed E-state index contributed by atoms with van der Waals surface area (Å²) in [4.78, 5) is 10.8. The van der Waals surface area contributed by atoms with Crippen molar-refractivity contribution in [3.63, 3.8) is 0 Å². The Hall–Kier alpha value is -1.92. The molecule has 0 bridgehead atoms. The Morgan fingerprint density at radius 1 is 1.46 bits per heavy atom. The zero-order chi connectivity index (χ0) is 9.59. The maximum absolute atomic E-state index is 10.8. The first-order chi connectivity index (χ1) is 6.11. The summed E-state index contributed by atoms with van der Waals surface area (Å²) < 4.78 is 2.59. The Kier molecular flexibility index (Phi) is 1.35. The summed E-state index contributed by atoms with van der Waals surface area (Å²) in [7, 11) is 1.62. The fourth-order valence-corrected chi connectivity index (χ4v) is 1.25. The molecule has 1 N–H and O–H groups in total. The van der Waals surface area contributed by atoms with Crippen LogP contribution in [-0.2, 0) is 7.05 Å². The van der Waals surface area contributed by atoms with Gasteiger partial charge in [0.05, 0.1) is 5.69 Å². The highest BCUT2D eigenvalue weighted by atomic mass is 16.4. The first-order valence-electron chi connectivity index (χ1n) is 3.60. The summed E-state index contributed by atoms with van der Waals surface area (Å²) in [5.74, 6) is -1.02. The number of fused-ring (bicyclic) bond motifs is 1. The van der Waals surface area contributed by atoms with Crippen LogP contribution in [0.2, 0.25) is 0 Å². The predicted molar refractivity (Wildman–Crippen MR) is 41.4 cm³/mol. The molecule has 2 aromatic heterocycles. The van der Waals surface area contributed by atoms with E-state index in [1.807, 2.05) is 0 Å². The largest absolute Gasteiger partial charge is 0.477 e. The second-order valence-electron chi connectivity index (χ2n) is 2.68. The van der Waals surface area contributed by atoms with Gasteiger partial charge in [-0.2, -0.15) is 5.10 Å². The Morgan fingerprint density at radius 3 is 2.77 bits per heavy atom. The lowest BCUT2D eigenvalue weighted by molar-refractivity contribution is 0.0697. The van der Waals surface area contributed by atoms with Gasteiger partial charge in [-0.1, -0.05) is 0 Å². The summed E-state index contributed by atoms with van der Waals surface area (Å²) in [6, 6.07) is 0. The topological polar surface area (TPSA) is 85.3 Å². The number of aryl methyl sites for hydroxylation is 2. The highest BCUT2D eigenvalue weighted by molar-refractivity contribution is 5.95. The van der Waals surface area contributed by atoms with E-state index in [2.05, 4.69) is 15.5 Å². The van der Waals surface area contributed by atoms with Crippen LogP contribution in [-0.4, -0.2) is 35.9 Å². The van der Waals surface area contributed by atoms with Crippen molar-refractivity contribution < 1.29 is 9.90 Å². The van der Waals surface area contributed by atoms with Gasteiger partial charge in [0.1, 0.15) is 5.56 Å². The van der Waals surface area contributed by atoms with Gasteiger partial charge in [-0.05, 0) is 17.4 Å². The Bertz CT molecular complexity index is 482. The predicted octanol–water partition coefficient (Wildman–Crippen LogP) is -0.531. The van der Waals surface area contributed by atoms with Gasteiger partial charge in [0, 0.05) is 7.05 Å². The van der Waals surface area contributed by atoms with Crippen molar-refractivity contribution in [3.05, 3.63) is 11.3 Å². The molecular weight excluding hydrogens is 174 g/mol. The van der Waals surface area contributed by atoms with E-state index in [0.717, 1.165) is 0 Å². The van der Waals surface area contributed by atoms with Crippen molar-refractivity contribution in [1.29, 1.82) is 0 Å². The number of carboxylic acids is 1. The second-order valence-corrected chi connectivity index (χ2v) is 2.68. The van der Waals surface area contributed by atoms with Crippen molar-refractivity contribution >= 4 is 11.6 Å². The van der Waals surface area contributed by atoms with Crippen LogP contribution < -0.4 is 0 Å². The molecule has 68 valence electrons. The molecule has 0 unspecified atom stereocenters. The van der Waals surface area contributed by atoms with E-state index in [1.54, 1.807) is 14.0 Å². The Morgan fingerprint density at radius 2 is 2.15 bits per heavy atom. The third-order valence-corrected chi connectivity index (χ3v) is 1.80. The van der Waals surface area contributed by atoms with Crippen molar-refractivity contribution in [2.45, 2.75) is 6.92 Å². The number of nitrogens with zero attached hydrogens (tertiary/aromatic N) is 5. The summed E-state index contributed by atoms with van der Waals surface area (Å²) in [5.41, 5.74) is 0.977. The first kappa shape index (κ1) is 7.71. The van der Waals surface area contributed by atoms with Crippen molar-refractivity contribution in [3.8, 4) is 0 Å². The number of aromatic nitrogens is 5. The Labute approximate surface area is 72.6 Å². The lowest BCUT2D eigenvalue weighted by Gasteiger charge is -1.90. The molecule has 0 aliphatic rings. The standard InChI is InChI=1S/C6H7N5O2/c1-3-4(6(12)13)5-10(2)8-9-11(5)7-3/h1-2H3,(H,12,13). The van der Waals surface area contributed by atoms with E-state index in [4.69, 9.17) is 5.11 Å². The number of tetrazole rings is 1. The third-order valence-electron chi connectivity index (χ3n) is 1.80. The molecule has 0 fully saturated rings. The quantitative estimate of drug-likeness (QED) is 0.639. The van der Waals surface area contributed by atoms with Crippen molar-refractivity contribution in [2.75, 3.05) is 0 Å². The van der Waals surface area contributed by atoms with Crippen LogP contribution in [0.3, 0.4) is 0 Å². The molecular formula is C6H7N5O2. The number of carbonyl (C=O) groups is 1. The minimum atomic E-state index is -1.02. The van der Waals surface area contributed by atoms with E-state index in [1.165, 1.54) is 9.31 Å². The normalized spacial score (nSPS) is 10.9. The zero-order valence-corrected chi connectivity index (χ0v) is 7.09. The van der Waals surface area contributed by atoms with Gasteiger partial charge < -0.3 is 5.11 Å². The lowest BCUT2D eigenvalue weighted by atomic mass is 10.2. The van der Waals surface area contributed by atoms with Crippen LogP contribution in [0.1, 0.15) is 16.1 Å². The molecule has 7 nitrogen and oxygen atoms in total. The van der Waals surface area contributed by atoms with Gasteiger partial charge in [-0.15, -0.1) is 4.63 Å². The first-order valence-corrected chi connectivity index (χ1v) is 3.60. The van der Waals surface area contributed by atoms with Gasteiger partial charge in [0.15, 0.2) is 5.65 Å². The minimum Gasteiger partial charge on any atom is -0.477 e. The number of hydrogen-bond acceptors (Lipinski definition) is 4. The Balaban J connectivity index is 2.90. The molecule has 0 aromatic carbocycles. The lowest BCUT2D eigenvalue weighted by Crippen LogP contribution is -2.01. The number of hydrogen-bond donors (Lipinski definition) is 1. The van der Waals surface area contributed by atoms with Gasteiger partial charge in [-0.25, -0.2) is 9.48 Å². The molecule has 0 radical (unpaired) electrons. The highest BCUT2D eigenvalue weighted by Crippen LogP contribution is 2.12. The summed E-state index contributed by atoms with van der Waals surface area (Å²) in [6.07, 6.45) is 0. The summed E-state index contributed by atoms with van der Waals surface area (Å²) >= 11 is 0. The van der Waals surface area contributed by atoms with Gasteiger partial charge >= 0.3 is 5.97 Å². The van der Waals surface area contributed by atoms with Crippen molar-refractivity contribution in [1.82, 2.24) is 24.8 Å². The average molecular weight is 181 g/mol. The molecule has 0 saturated heterocycles. The molecule has 0 atom stereocenters. The fraction of sp³-hybridized carbons (Fsp3) is 0.333. The smallest absolute Gasteiger partial charge is 0.341 e. The molecule has 0 aliphatic carbocycles. The van der Waals surface area contributed by atoms with Crippen molar-refractivity contribution in [2.24, 2.45) is 7.05 Å². The van der Waals surface area contributed by atoms with E-state index >= 15 is 0 Å². The highest BCUT2D eigenvalue weighted by Gasteiger charge is 2.19. The molecule has 7 heteroatoms. The molecule has 0 saturated carbocycles. The van der Waals surface area contributed by atoms with Crippen LogP contribution in [0.4, 0.5) is 0 Å². The van der Waals surface area contributed by atoms with Crippen LogP contribution in [0.5, 0.6) is 0 Å². The molecule has 0 aliphatic heterocycles. The van der Waals surface area contributed by atoms with Gasteiger partial charge in [0.2, 0.25) is 0 Å². The second kappa shape index (κ2) is 2.28. The van der Waals surface area contributed by atoms with Crippen LogP contribution >= 0.6 is 0 Å². The summed E-state index contributed by atoms with van der Waals surface area (Å²) in [5, 5.41) is 20.1. The minimum absolute atomic E-state index is 0.146. The maximum Gasteiger partial charge on any atom is 0.341 e. The molecule has 0 amide bonds. The molecule has 13 heavy (non-hydrogen) atoms.